The molecule has 0 aliphatic heterocycles. The zero-order valence-corrected chi connectivity index (χ0v) is 5.77. The predicted molar refractivity (Wildman–Crippen MR) is 37.4 cm³/mol. The highest BCUT2D eigenvalue weighted by Crippen LogP contribution is 2.15. The molecule has 0 heterocycles. The van der Waals surface area contributed by atoms with E-state index < -0.39 is 0 Å². The van der Waals surface area contributed by atoms with Crippen LogP contribution in [0.3, 0.4) is 0 Å². The van der Waals surface area contributed by atoms with Gasteiger partial charge < -0.3 is 5.73 Å². The van der Waals surface area contributed by atoms with Crippen molar-refractivity contribution < 1.29 is 0 Å². The third kappa shape index (κ3) is 1.01. The van der Waals surface area contributed by atoms with Gasteiger partial charge in [0.2, 0.25) is 0 Å². The van der Waals surface area contributed by atoms with E-state index >= 15 is 0 Å². The Morgan fingerprint density at radius 1 is 1.62 bits per heavy atom. The van der Waals surface area contributed by atoms with Crippen LogP contribution in [-0.2, 0) is 0 Å². The number of anilines is 1. The first kappa shape index (κ1) is 5.63. The first-order valence-electron chi connectivity index (χ1n) is 2.22. The number of rotatable bonds is 0. The minimum Gasteiger partial charge on any atom is -0.398 e. The summed E-state index contributed by atoms with van der Waals surface area (Å²) in [5.41, 5.74) is 6.17. The van der Waals surface area contributed by atoms with Gasteiger partial charge in [-0.05, 0) is 28.1 Å². The van der Waals surface area contributed by atoms with Crippen LogP contribution in [0.2, 0.25) is 0 Å². The van der Waals surface area contributed by atoms with E-state index in [0.29, 0.717) is 0 Å². The lowest BCUT2D eigenvalue weighted by molar-refractivity contribution is 1.62. The van der Waals surface area contributed by atoms with Gasteiger partial charge in [0.25, 0.3) is 0 Å². The van der Waals surface area contributed by atoms with Crippen molar-refractivity contribution in [2.45, 2.75) is 0 Å². The number of benzene rings is 1. The number of hydrogen-bond donors (Lipinski definition) is 1. The van der Waals surface area contributed by atoms with Gasteiger partial charge in [-0.1, -0.05) is 12.1 Å². The van der Waals surface area contributed by atoms with Crippen molar-refractivity contribution in [3.05, 3.63) is 28.7 Å². The molecule has 0 atom stereocenters. The van der Waals surface area contributed by atoms with Crippen molar-refractivity contribution in [3.8, 4) is 0 Å². The lowest BCUT2D eigenvalue weighted by atomic mass is 10.3. The zero-order valence-electron chi connectivity index (χ0n) is 4.19. The molecule has 0 amide bonds. The second-order valence-electron chi connectivity index (χ2n) is 1.44. The molecule has 0 aromatic heterocycles. The molecule has 8 heavy (non-hydrogen) atoms. The fourth-order valence-electron chi connectivity index (χ4n) is 0.430. The molecule has 0 bridgehead atoms. The Balaban J connectivity index is 3.13. The number of nitrogens with two attached hydrogens (primary N) is 1. The highest BCUT2D eigenvalue weighted by atomic mass is 79.9. The molecule has 0 unspecified atom stereocenters. The van der Waals surface area contributed by atoms with Gasteiger partial charge in [0.05, 0.1) is 0 Å². The molecule has 0 aliphatic rings. The molecular formula is C6H5BrN. The van der Waals surface area contributed by atoms with E-state index in [9.17, 15) is 0 Å². The smallest absolute Gasteiger partial charge is 0.0483 e. The van der Waals surface area contributed by atoms with Crippen molar-refractivity contribution >= 4 is 21.6 Å². The van der Waals surface area contributed by atoms with Crippen LogP contribution in [0, 0.1) is 6.07 Å². The first-order valence-corrected chi connectivity index (χ1v) is 3.01. The van der Waals surface area contributed by atoms with E-state index in [0.717, 1.165) is 10.2 Å². The lowest BCUT2D eigenvalue weighted by Gasteiger charge is -1.91. The van der Waals surface area contributed by atoms with Gasteiger partial charge in [0.1, 0.15) is 0 Å². The van der Waals surface area contributed by atoms with E-state index in [1.54, 1.807) is 6.07 Å². The SMILES string of the molecule is Nc1ccc[c]c1Br. The van der Waals surface area contributed by atoms with Crippen LogP contribution in [0.15, 0.2) is 22.7 Å². The molecule has 1 aromatic carbocycles. The van der Waals surface area contributed by atoms with Gasteiger partial charge in [-0.2, -0.15) is 0 Å². The number of hydrogen-bond acceptors (Lipinski definition) is 1. The topological polar surface area (TPSA) is 26.0 Å². The highest BCUT2D eigenvalue weighted by Gasteiger charge is 1.87. The summed E-state index contributed by atoms with van der Waals surface area (Å²) in [4.78, 5) is 0. The average Bonchev–Trinajstić information content (AvgIpc) is 1.77. The first-order chi connectivity index (χ1) is 3.80. The molecule has 1 aromatic rings. The molecule has 0 aliphatic carbocycles. The Hall–Kier alpha value is -0.500. The monoisotopic (exact) mass is 170 g/mol. The van der Waals surface area contributed by atoms with Crippen molar-refractivity contribution in [2.75, 3.05) is 5.73 Å². The highest BCUT2D eigenvalue weighted by molar-refractivity contribution is 9.10. The van der Waals surface area contributed by atoms with Crippen LogP contribution in [-0.4, -0.2) is 0 Å². The summed E-state index contributed by atoms with van der Waals surface area (Å²) in [6.07, 6.45) is 0. The Morgan fingerprint density at radius 2 is 2.38 bits per heavy atom. The minimum absolute atomic E-state index is 0.729. The van der Waals surface area contributed by atoms with Crippen LogP contribution in [0.25, 0.3) is 0 Å². The van der Waals surface area contributed by atoms with E-state index in [1.165, 1.54) is 0 Å². The summed E-state index contributed by atoms with van der Waals surface area (Å²) in [6, 6.07) is 8.36. The lowest BCUT2D eigenvalue weighted by Crippen LogP contribution is -1.83. The summed E-state index contributed by atoms with van der Waals surface area (Å²) >= 11 is 3.21. The van der Waals surface area contributed by atoms with Crippen LogP contribution in [0.4, 0.5) is 5.69 Å². The molecule has 2 heteroatoms. The molecule has 1 nitrogen and oxygen atoms in total. The Kier molecular flexibility index (Phi) is 1.53. The number of halogens is 1. The molecular weight excluding hydrogens is 166 g/mol. The predicted octanol–water partition coefficient (Wildman–Crippen LogP) is 1.83. The molecule has 0 spiro atoms. The van der Waals surface area contributed by atoms with Crippen molar-refractivity contribution in [1.82, 2.24) is 0 Å². The maximum absolute atomic E-state index is 5.44. The summed E-state index contributed by atoms with van der Waals surface area (Å²) in [5.74, 6) is 0. The van der Waals surface area contributed by atoms with Gasteiger partial charge >= 0.3 is 0 Å². The van der Waals surface area contributed by atoms with Crippen molar-refractivity contribution in [3.63, 3.8) is 0 Å². The summed E-state index contributed by atoms with van der Waals surface area (Å²) in [6.45, 7) is 0. The normalized spacial score (nSPS) is 9.12. The zero-order chi connectivity index (χ0) is 5.98. The fourth-order valence-corrected chi connectivity index (χ4v) is 0.694. The van der Waals surface area contributed by atoms with E-state index in [1.807, 2.05) is 12.1 Å². The third-order valence-corrected chi connectivity index (χ3v) is 1.52. The average molecular weight is 171 g/mol. The third-order valence-electron chi connectivity index (χ3n) is 0.836. The molecule has 1 radical (unpaired) electrons. The van der Waals surface area contributed by atoms with E-state index in [-0.39, 0.29) is 0 Å². The van der Waals surface area contributed by atoms with Crippen molar-refractivity contribution in [1.29, 1.82) is 0 Å². The maximum atomic E-state index is 5.44. The molecule has 2 N–H and O–H groups in total. The minimum atomic E-state index is 0.729. The van der Waals surface area contributed by atoms with E-state index in [4.69, 9.17) is 5.73 Å². The molecule has 0 saturated carbocycles. The van der Waals surface area contributed by atoms with Crippen LogP contribution in [0.1, 0.15) is 0 Å². The second-order valence-corrected chi connectivity index (χ2v) is 2.23. The largest absolute Gasteiger partial charge is 0.398 e. The standard InChI is InChI=1S/C6H5BrN/c7-5-3-1-2-4-6(5)8/h1-2,4H,8H2. The molecule has 1 rings (SSSR count). The summed E-state index contributed by atoms with van der Waals surface area (Å²) in [5, 5.41) is 0. The van der Waals surface area contributed by atoms with Gasteiger partial charge in [-0.25, -0.2) is 0 Å². The molecule has 0 saturated heterocycles. The Morgan fingerprint density at radius 3 is 2.75 bits per heavy atom. The maximum Gasteiger partial charge on any atom is 0.0483 e. The van der Waals surface area contributed by atoms with Gasteiger partial charge in [-0.15, -0.1) is 0 Å². The van der Waals surface area contributed by atoms with Crippen LogP contribution >= 0.6 is 15.9 Å². The van der Waals surface area contributed by atoms with Gasteiger partial charge in [-0.3, -0.25) is 0 Å². The quantitative estimate of drug-likeness (QED) is 0.592. The van der Waals surface area contributed by atoms with E-state index in [2.05, 4.69) is 22.0 Å². The Labute approximate surface area is 56.6 Å². The second kappa shape index (κ2) is 2.18. The van der Waals surface area contributed by atoms with Crippen LogP contribution in [0.5, 0.6) is 0 Å². The molecule has 0 fully saturated rings. The van der Waals surface area contributed by atoms with Crippen molar-refractivity contribution in [2.24, 2.45) is 0 Å². The molecule has 41 valence electrons. The summed E-state index contributed by atoms with van der Waals surface area (Å²) < 4.78 is 0.833. The summed E-state index contributed by atoms with van der Waals surface area (Å²) in [7, 11) is 0. The van der Waals surface area contributed by atoms with Gasteiger partial charge in [0, 0.05) is 10.2 Å². The number of nitrogen functional groups attached to an aromatic ring is 1. The van der Waals surface area contributed by atoms with Crippen LogP contribution < -0.4 is 5.73 Å². The Bertz CT molecular complexity index is 165. The fraction of sp³-hybridized carbons (Fsp3) is 0. The van der Waals surface area contributed by atoms with Gasteiger partial charge in [0.15, 0.2) is 0 Å².